The van der Waals surface area contributed by atoms with E-state index in [1.165, 1.54) is 0 Å². The lowest BCUT2D eigenvalue weighted by Gasteiger charge is -2.02. The lowest BCUT2D eigenvalue weighted by atomic mass is 10.2. The maximum Gasteiger partial charge on any atom is 0.306 e. The lowest BCUT2D eigenvalue weighted by Crippen LogP contribution is -1.97. The molecule has 0 spiro atoms. The molecular formula is C11H10N2O2S. The highest BCUT2D eigenvalue weighted by molar-refractivity contribution is 7.18. The molecule has 1 unspecified atom stereocenters. The van der Waals surface area contributed by atoms with E-state index in [1.807, 2.05) is 18.2 Å². The van der Waals surface area contributed by atoms with Gasteiger partial charge in [-0.2, -0.15) is 0 Å². The van der Waals surface area contributed by atoms with Gasteiger partial charge in [-0.25, -0.2) is 4.98 Å². The summed E-state index contributed by atoms with van der Waals surface area (Å²) >= 11 is 1.54. The molecule has 0 bridgehead atoms. The standard InChI is InChI=1S/C11H10N2O2S/c12-6-1-2-7-9(5-6)16-11(13-7)8-3-4-10(14)15-8/h1-2,5,8H,3-4,12H2. The summed E-state index contributed by atoms with van der Waals surface area (Å²) in [4.78, 5) is 15.5. The van der Waals surface area contributed by atoms with Crippen LogP contribution in [0.4, 0.5) is 5.69 Å². The minimum absolute atomic E-state index is 0.135. The van der Waals surface area contributed by atoms with Gasteiger partial charge < -0.3 is 10.5 Å². The van der Waals surface area contributed by atoms with Crippen molar-refractivity contribution in [3.8, 4) is 0 Å². The van der Waals surface area contributed by atoms with E-state index < -0.39 is 0 Å². The Labute approximate surface area is 96.0 Å². The molecule has 5 heteroatoms. The second kappa shape index (κ2) is 3.45. The fraction of sp³-hybridized carbons (Fsp3) is 0.273. The molecule has 2 aromatic rings. The maximum atomic E-state index is 11.0. The van der Waals surface area contributed by atoms with Crippen LogP contribution in [0.1, 0.15) is 24.0 Å². The van der Waals surface area contributed by atoms with Gasteiger partial charge in [0, 0.05) is 18.5 Å². The Hall–Kier alpha value is -1.62. The number of rotatable bonds is 1. The summed E-state index contributed by atoms with van der Waals surface area (Å²) in [6.07, 6.45) is 1.06. The van der Waals surface area contributed by atoms with Crippen LogP contribution in [0.5, 0.6) is 0 Å². The number of nitrogen functional groups attached to an aromatic ring is 1. The van der Waals surface area contributed by atoms with Crippen molar-refractivity contribution in [2.75, 3.05) is 5.73 Å². The van der Waals surface area contributed by atoms with E-state index in [-0.39, 0.29) is 12.1 Å². The third-order valence-corrected chi connectivity index (χ3v) is 3.70. The molecule has 1 saturated heterocycles. The average molecular weight is 234 g/mol. The Morgan fingerprint density at radius 3 is 3.12 bits per heavy atom. The fourth-order valence-corrected chi connectivity index (χ4v) is 2.88. The SMILES string of the molecule is Nc1ccc2nc(C3CCC(=O)O3)sc2c1. The monoisotopic (exact) mass is 234 g/mol. The van der Waals surface area contributed by atoms with Gasteiger partial charge in [-0.3, -0.25) is 4.79 Å². The number of carbonyl (C=O) groups excluding carboxylic acids is 1. The molecule has 2 heterocycles. The first-order chi connectivity index (χ1) is 7.72. The van der Waals surface area contributed by atoms with Gasteiger partial charge in [-0.1, -0.05) is 0 Å². The van der Waals surface area contributed by atoms with Gasteiger partial charge in [0.05, 0.1) is 10.2 Å². The summed E-state index contributed by atoms with van der Waals surface area (Å²) in [5.41, 5.74) is 7.34. The Morgan fingerprint density at radius 1 is 1.50 bits per heavy atom. The number of esters is 1. The smallest absolute Gasteiger partial charge is 0.306 e. The van der Waals surface area contributed by atoms with Gasteiger partial charge in [0.25, 0.3) is 0 Å². The number of cyclic esters (lactones) is 1. The van der Waals surface area contributed by atoms with Crippen molar-refractivity contribution in [1.29, 1.82) is 0 Å². The molecular weight excluding hydrogens is 224 g/mol. The number of anilines is 1. The lowest BCUT2D eigenvalue weighted by molar-refractivity contribution is -0.141. The zero-order valence-corrected chi connectivity index (χ0v) is 9.29. The van der Waals surface area contributed by atoms with Crippen LogP contribution in [-0.2, 0) is 9.53 Å². The molecule has 0 radical (unpaired) electrons. The van der Waals surface area contributed by atoms with Gasteiger partial charge in [0.15, 0.2) is 6.10 Å². The minimum atomic E-state index is -0.161. The van der Waals surface area contributed by atoms with E-state index in [0.29, 0.717) is 6.42 Å². The molecule has 0 saturated carbocycles. The highest BCUT2D eigenvalue weighted by Gasteiger charge is 2.27. The Balaban J connectivity index is 2.02. The molecule has 1 aromatic carbocycles. The summed E-state index contributed by atoms with van der Waals surface area (Å²) in [5.74, 6) is -0.135. The Bertz CT molecular complexity index is 564. The number of thiazole rings is 1. The molecule has 1 aliphatic rings. The Morgan fingerprint density at radius 2 is 2.38 bits per heavy atom. The highest BCUT2D eigenvalue weighted by Crippen LogP contribution is 2.35. The summed E-state index contributed by atoms with van der Waals surface area (Å²) in [6.45, 7) is 0. The van der Waals surface area contributed by atoms with Crippen molar-refractivity contribution in [3.05, 3.63) is 23.2 Å². The molecule has 1 fully saturated rings. The number of nitrogens with zero attached hydrogens (tertiary/aromatic N) is 1. The van der Waals surface area contributed by atoms with E-state index in [4.69, 9.17) is 10.5 Å². The highest BCUT2D eigenvalue weighted by atomic mass is 32.1. The summed E-state index contributed by atoms with van der Waals surface area (Å²) in [7, 11) is 0. The van der Waals surface area contributed by atoms with Crippen LogP contribution in [0.25, 0.3) is 10.2 Å². The van der Waals surface area contributed by atoms with Crippen molar-refractivity contribution in [1.82, 2.24) is 4.98 Å². The second-order valence-corrected chi connectivity index (χ2v) is 4.86. The van der Waals surface area contributed by atoms with E-state index in [1.54, 1.807) is 11.3 Å². The minimum Gasteiger partial charge on any atom is -0.455 e. The third-order valence-electron chi connectivity index (χ3n) is 2.59. The third kappa shape index (κ3) is 1.53. The molecule has 1 aliphatic heterocycles. The maximum absolute atomic E-state index is 11.0. The molecule has 4 nitrogen and oxygen atoms in total. The van der Waals surface area contributed by atoms with Crippen LogP contribution in [0.15, 0.2) is 18.2 Å². The van der Waals surface area contributed by atoms with Crippen LogP contribution < -0.4 is 5.73 Å². The van der Waals surface area contributed by atoms with E-state index in [9.17, 15) is 4.79 Å². The van der Waals surface area contributed by atoms with Crippen molar-refractivity contribution in [2.24, 2.45) is 0 Å². The zero-order chi connectivity index (χ0) is 11.1. The van der Waals surface area contributed by atoms with Gasteiger partial charge in [-0.05, 0) is 18.2 Å². The largest absolute Gasteiger partial charge is 0.455 e. The van der Waals surface area contributed by atoms with Crippen molar-refractivity contribution >= 4 is 33.2 Å². The predicted molar refractivity (Wildman–Crippen MR) is 62.1 cm³/mol. The summed E-state index contributed by atoms with van der Waals surface area (Å²) in [6, 6.07) is 5.61. The normalized spacial score (nSPS) is 20.2. The van der Waals surface area contributed by atoms with Crippen LogP contribution in [0, 0.1) is 0 Å². The second-order valence-electron chi connectivity index (χ2n) is 3.80. The van der Waals surface area contributed by atoms with E-state index in [0.717, 1.165) is 27.3 Å². The van der Waals surface area contributed by atoms with Crippen molar-refractivity contribution in [3.63, 3.8) is 0 Å². The number of ether oxygens (including phenoxy) is 1. The molecule has 0 aliphatic carbocycles. The van der Waals surface area contributed by atoms with Gasteiger partial charge >= 0.3 is 5.97 Å². The molecule has 1 aromatic heterocycles. The first-order valence-corrected chi connectivity index (χ1v) is 5.89. The number of benzene rings is 1. The number of aromatic nitrogens is 1. The number of nitrogens with two attached hydrogens (primary N) is 1. The molecule has 82 valence electrons. The van der Waals surface area contributed by atoms with Crippen LogP contribution in [0.2, 0.25) is 0 Å². The first kappa shape index (κ1) is 9.59. The summed E-state index contributed by atoms with van der Waals surface area (Å²) in [5, 5.41) is 0.867. The first-order valence-electron chi connectivity index (χ1n) is 5.08. The zero-order valence-electron chi connectivity index (χ0n) is 8.47. The van der Waals surface area contributed by atoms with Crippen LogP contribution >= 0.6 is 11.3 Å². The van der Waals surface area contributed by atoms with E-state index in [2.05, 4.69) is 4.98 Å². The quantitative estimate of drug-likeness (QED) is 0.607. The van der Waals surface area contributed by atoms with E-state index >= 15 is 0 Å². The molecule has 3 rings (SSSR count). The number of hydrogen-bond donors (Lipinski definition) is 1. The average Bonchev–Trinajstić information content (AvgIpc) is 2.83. The Kier molecular flexibility index (Phi) is 2.07. The predicted octanol–water partition coefficient (Wildman–Crippen LogP) is 2.26. The number of carbonyl (C=O) groups is 1. The number of fused-ring (bicyclic) bond motifs is 1. The van der Waals surface area contributed by atoms with Gasteiger partial charge in [-0.15, -0.1) is 11.3 Å². The molecule has 16 heavy (non-hydrogen) atoms. The molecule has 1 atom stereocenters. The topological polar surface area (TPSA) is 65.2 Å². The van der Waals surface area contributed by atoms with Crippen LogP contribution in [-0.4, -0.2) is 11.0 Å². The van der Waals surface area contributed by atoms with Crippen molar-refractivity contribution in [2.45, 2.75) is 18.9 Å². The number of hydrogen-bond acceptors (Lipinski definition) is 5. The van der Waals surface area contributed by atoms with Gasteiger partial charge in [0.2, 0.25) is 0 Å². The van der Waals surface area contributed by atoms with Crippen molar-refractivity contribution < 1.29 is 9.53 Å². The van der Waals surface area contributed by atoms with Crippen LogP contribution in [0.3, 0.4) is 0 Å². The van der Waals surface area contributed by atoms with Gasteiger partial charge in [0.1, 0.15) is 5.01 Å². The summed E-state index contributed by atoms with van der Waals surface area (Å²) < 4.78 is 6.22. The molecule has 0 amide bonds. The molecule has 2 N–H and O–H groups in total. The fourth-order valence-electron chi connectivity index (χ4n) is 1.80.